The molecule has 0 aliphatic carbocycles. The zero-order chi connectivity index (χ0) is 16.9. The predicted octanol–water partition coefficient (Wildman–Crippen LogP) is 3.10. The van der Waals surface area contributed by atoms with Gasteiger partial charge in [0.05, 0.1) is 25.0 Å². The molecule has 1 aromatic rings. The van der Waals surface area contributed by atoms with Crippen LogP contribution in [0.1, 0.15) is 44.2 Å². The fourth-order valence-corrected chi connectivity index (χ4v) is 4.95. The molecule has 0 aromatic heterocycles. The first-order valence-electron chi connectivity index (χ1n) is 7.99. The molecule has 1 aromatic carbocycles. The Morgan fingerprint density at radius 3 is 2.78 bits per heavy atom. The summed E-state index contributed by atoms with van der Waals surface area (Å²) in [5, 5.41) is 8.64. The van der Waals surface area contributed by atoms with Gasteiger partial charge in [0, 0.05) is 18.5 Å². The minimum atomic E-state index is -3.38. The molecule has 1 fully saturated rings. The molecular formula is C17H24N2O3S. The summed E-state index contributed by atoms with van der Waals surface area (Å²) >= 11 is 0. The van der Waals surface area contributed by atoms with Gasteiger partial charge < -0.3 is 4.74 Å². The summed E-state index contributed by atoms with van der Waals surface area (Å²) < 4.78 is 32.6. The molecule has 2 atom stereocenters. The van der Waals surface area contributed by atoms with Crippen molar-refractivity contribution in [2.45, 2.75) is 38.6 Å². The van der Waals surface area contributed by atoms with Crippen molar-refractivity contribution in [1.29, 1.82) is 5.26 Å². The smallest absolute Gasteiger partial charge is 0.214 e. The van der Waals surface area contributed by atoms with Gasteiger partial charge in [-0.15, -0.1) is 0 Å². The molecule has 0 bridgehead atoms. The number of methoxy groups -OCH3 is 1. The van der Waals surface area contributed by atoms with Gasteiger partial charge in [-0.25, -0.2) is 8.42 Å². The van der Waals surface area contributed by atoms with Crippen LogP contribution in [0.2, 0.25) is 0 Å². The van der Waals surface area contributed by atoms with Crippen LogP contribution in [0.15, 0.2) is 24.3 Å². The molecule has 126 valence electrons. The van der Waals surface area contributed by atoms with Gasteiger partial charge in [-0.05, 0) is 31.2 Å². The first-order valence-corrected chi connectivity index (χ1v) is 9.60. The number of unbranched alkanes of at least 4 members (excludes halogenated alkanes) is 1. The zero-order valence-electron chi connectivity index (χ0n) is 13.7. The van der Waals surface area contributed by atoms with Crippen molar-refractivity contribution in [3.8, 4) is 11.8 Å². The molecule has 0 saturated carbocycles. The Kier molecular flexibility index (Phi) is 6.03. The lowest BCUT2D eigenvalue weighted by Crippen LogP contribution is -2.42. The quantitative estimate of drug-likeness (QED) is 0.748. The lowest BCUT2D eigenvalue weighted by Gasteiger charge is -2.38. The van der Waals surface area contributed by atoms with Crippen molar-refractivity contribution >= 4 is 10.0 Å². The van der Waals surface area contributed by atoms with Crippen LogP contribution in [0.25, 0.3) is 0 Å². The highest BCUT2D eigenvalue weighted by molar-refractivity contribution is 7.89. The molecule has 1 aliphatic rings. The Bertz CT molecular complexity index is 667. The number of hydrogen-bond acceptors (Lipinski definition) is 4. The maximum Gasteiger partial charge on any atom is 0.214 e. The fraction of sp³-hybridized carbons (Fsp3) is 0.588. The van der Waals surface area contributed by atoms with Crippen molar-refractivity contribution in [2.24, 2.45) is 5.92 Å². The molecule has 0 radical (unpaired) electrons. The van der Waals surface area contributed by atoms with Crippen LogP contribution in [-0.2, 0) is 10.0 Å². The molecule has 2 rings (SSSR count). The molecule has 0 N–H and O–H groups in total. The van der Waals surface area contributed by atoms with Gasteiger partial charge in [-0.1, -0.05) is 25.1 Å². The second-order valence-corrected chi connectivity index (χ2v) is 8.13. The lowest BCUT2D eigenvalue weighted by molar-refractivity contribution is 0.203. The van der Waals surface area contributed by atoms with E-state index in [1.165, 1.54) is 0 Å². The van der Waals surface area contributed by atoms with Gasteiger partial charge in [-0.3, -0.25) is 0 Å². The summed E-state index contributed by atoms with van der Waals surface area (Å²) in [6, 6.07) is 9.44. The van der Waals surface area contributed by atoms with Crippen molar-refractivity contribution in [3.05, 3.63) is 29.8 Å². The summed E-state index contributed by atoms with van der Waals surface area (Å²) in [5.74, 6) is 1.09. The van der Waals surface area contributed by atoms with Gasteiger partial charge in [-0.2, -0.15) is 9.57 Å². The van der Waals surface area contributed by atoms with E-state index in [1.54, 1.807) is 11.4 Å². The number of sulfonamides is 1. The number of rotatable bonds is 6. The third-order valence-electron chi connectivity index (χ3n) is 4.32. The highest BCUT2D eigenvalue weighted by Crippen LogP contribution is 2.39. The number of para-hydroxylation sites is 1. The van der Waals surface area contributed by atoms with Gasteiger partial charge >= 0.3 is 0 Å². The second kappa shape index (κ2) is 7.80. The van der Waals surface area contributed by atoms with E-state index in [2.05, 4.69) is 6.92 Å². The number of hydrogen-bond donors (Lipinski definition) is 0. The summed E-state index contributed by atoms with van der Waals surface area (Å²) in [7, 11) is -1.78. The van der Waals surface area contributed by atoms with Crippen molar-refractivity contribution < 1.29 is 13.2 Å². The Labute approximate surface area is 138 Å². The van der Waals surface area contributed by atoms with E-state index < -0.39 is 10.0 Å². The minimum absolute atomic E-state index is 0.0267. The van der Waals surface area contributed by atoms with Crippen LogP contribution in [0.3, 0.4) is 0 Å². The topological polar surface area (TPSA) is 70.4 Å². The third kappa shape index (κ3) is 4.24. The number of ether oxygens (including phenoxy) is 1. The molecule has 0 spiro atoms. The normalized spacial score (nSPS) is 22.5. The molecule has 5 nitrogen and oxygen atoms in total. The van der Waals surface area contributed by atoms with Crippen LogP contribution in [0.5, 0.6) is 5.75 Å². The molecule has 23 heavy (non-hydrogen) atoms. The van der Waals surface area contributed by atoms with E-state index in [0.29, 0.717) is 18.9 Å². The van der Waals surface area contributed by atoms with Gasteiger partial charge in [0.25, 0.3) is 0 Å². The number of piperidine rings is 1. The molecule has 1 aliphatic heterocycles. The van der Waals surface area contributed by atoms with Gasteiger partial charge in [0.1, 0.15) is 5.75 Å². The predicted molar refractivity (Wildman–Crippen MR) is 89.5 cm³/mol. The van der Waals surface area contributed by atoms with Crippen molar-refractivity contribution in [1.82, 2.24) is 4.31 Å². The van der Waals surface area contributed by atoms with Crippen LogP contribution in [0.4, 0.5) is 0 Å². The Hall–Kier alpha value is -1.58. The number of nitriles is 1. The van der Waals surface area contributed by atoms with Crippen LogP contribution < -0.4 is 4.74 Å². The molecule has 0 amide bonds. The average Bonchev–Trinajstić information content (AvgIpc) is 2.55. The van der Waals surface area contributed by atoms with Gasteiger partial charge in [0.2, 0.25) is 10.0 Å². The molecule has 0 unspecified atom stereocenters. The first-order chi connectivity index (χ1) is 11.0. The van der Waals surface area contributed by atoms with Crippen LogP contribution in [-0.4, -0.2) is 32.1 Å². The van der Waals surface area contributed by atoms with E-state index in [4.69, 9.17) is 10.00 Å². The van der Waals surface area contributed by atoms with E-state index in [-0.39, 0.29) is 18.2 Å². The maximum absolute atomic E-state index is 12.8. The van der Waals surface area contributed by atoms with Crippen molar-refractivity contribution in [3.63, 3.8) is 0 Å². The highest BCUT2D eigenvalue weighted by atomic mass is 32.2. The van der Waals surface area contributed by atoms with E-state index in [9.17, 15) is 8.42 Å². The molecular weight excluding hydrogens is 312 g/mol. The van der Waals surface area contributed by atoms with E-state index >= 15 is 0 Å². The van der Waals surface area contributed by atoms with Crippen LogP contribution in [0, 0.1) is 17.2 Å². The van der Waals surface area contributed by atoms with Crippen LogP contribution >= 0.6 is 0 Å². The highest BCUT2D eigenvalue weighted by Gasteiger charge is 2.36. The Morgan fingerprint density at radius 2 is 2.09 bits per heavy atom. The number of nitrogens with zero attached hydrogens (tertiary/aromatic N) is 2. The Balaban J connectivity index is 2.31. The fourth-order valence-electron chi connectivity index (χ4n) is 3.12. The van der Waals surface area contributed by atoms with Gasteiger partial charge in [0.15, 0.2) is 0 Å². The van der Waals surface area contributed by atoms with E-state index in [0.717, 1.165) is 24.2 Å². The summed E-state index contributed by atoms with van der Waals surface area (Å²) in [6.07, 6.45) is 2.43. The maximum atomic E-state index is 12.8. The number of benzene rings is 1. The lowest BCUT2D eigenvalue weighted by atomic mass is 9.91. The average molecular weight is 336 g/mol. The third-order valence-corrected chi connectivity index (χ3v) is 6.24. The zero-order valence-corrected chi connectivity index (χ0v) is 14.6. The SMILES string of the molecule is COc1ccccc1[C@H]1CC[C@@H](C)CN1S(=O)(=O)CCCC#N. The molecule has 1 saturated heterocycles. The standard InChI is InChI=1S/C17H24N2O3S/c1-14-9-10-16(15-7-3-4-8-17(15)22-2)19(13-14)23(20,21)12-6-5-11-18/h3-4,7-8,14,16H,5-6,9-10,12-13H2,1-2H3/t14-,16-/m1/s1. The molecule has 1 heterocycles. The Morgan fingerprint density at radius 1 is 1.35 bits per heavy atom. The minimum Gasteiger partial charge on any atom is -0.496 e. The summed E-state index contributed by atoms with van der Waals surface area (Å²) in [6.45, 7) is 2.61. The summed E-state index contributed by atoms with van der Waals surface area (Å²) in [5.41, 5.74) is 0.922. The van der Waals surface area contributed by atoms with E-state index in [1.807, 2.05) is 30.3 Å². The van der Waals surface area contributed by atoms with Crippen molar-refractivity contribution in [2.75, 3.05) is 19.4 Å². The largest absolute Gasteiger partial charge is 0.496 e. The first kappa shape index (κ1) is 17.8. The second-order valence-electron chi connectivity index (χ2n) is 6.09. The summed E-state index contributed by atoms with van der Waals surface area (Å²) in [4.78, 5) is 0. The molecule has 6 heteroatoms. The monoisotopic (exact) mass is 336 g/mol.